The first kappa shape index (κ1) is 12.9. The van der Waals surface area contributed by atoms with Gasteiger partial charge in [-0.2, -0.15) is 0 Å². The molecule has 5 heteroatoms. The van der Waals surface area contributed by atoms with Crippen molar-refractivity contribution in [3.8, 4) is 11.6 Å². The predicted molar refractivity (Wildman–Crippen MR) is 71.4 cm³/mol. The third kappa shape index (κ3) is 3.99. The monoisotopic (exact) mass is 258 g/mol. The highest BCUT2D eigenvalue weighted by Gasteiger charge is 2.04. The number of pyridine rings is 1. The molecule has 0 radical (unpaired) electrons. The van der Waals surface area contributed by atoms with E-state index in [2.05, 4.69) is 10.3 Å². The van der Waals surface area contributed by atoms with E-state index in [9.17, 15) is 4.79 Å². The van der Waals surface area contributed by atoms with E-state index in [-0.39, 0.29) is 12.5 Å². The molecule has 19 heavy (non-hydrogen) atoms. The van der Waals surface area contributed by atoms with Crippen LogP contribution in [0.3, 0.4) is 0 Å². The molecular formula is C14H14N2O3. The fraction of sp³-hybridized carbons (Fsp3) is 0.143. The van der Waals surface area contributed by atoms with Gasteiger partial charge in [0.2, 0.25) is 5.88 Å². The number of anilines is 1. The van der Waals surface area contributed by atoms with E-state index in [1.165, 1.54) is 0 Å². The third-order valence-corrected chi connectivity index (χ3v) is 2.36. The molecule has 2 rings (SSSR count). The summed E-state index contributed by atoms with van der Waals surface area (Å²) in [6.45, 7) is -0.0803. The Hall–Kier alpha value is -2.56. The molecule has 98 valence electrons. The molecule has 0 saturated carbocycles. The second-order valence-electron chi connectivity index (χ2n) is 3.73. The number of amides is 1. The Bertz CT molecular complexity index is 526. The van der Waals surface area contributed by atoms with Crippen molar-refractivity contribution >= 4 is 11.6 Å². The zero-order valence-electron chi connectivity index (χ0n) is 10.5. The van der Waals surface area contributed by atoms with Gasteiger partial charge in [0, 0.05) is 18.0 Å². The van der Waals surface area contributed by atoms with E-state index >= 15 is 0 Å². The van der Waals surface area contributed by atoms with Gasteiger partial charge in [0.1, 0.15) is 5.75 Å². The fourth-order valence-electron chi connectivity index (χ4n) is 1.44. The van der Waals surface area contributed by atoms with E-state index in [0.717, 1.165) is 5.75 Å². The lowest BCUT2D eigenvalue weighted by Crippen LogP contribution is -2.20. The maximum Gasteiger partial charge on any atom is 0.262 e. The van der Waals surface area contributed by atoms with Gasteiger partial charge in [0.05, 0.1) is 7.11 Å². The van der Waals surface area contributed by atoms with Crippen molar-refractivity contribution in [2.45, 2.75) is 0 Å². The molecule has 0 atom stereocenters. The van der Waals surface area contributed by atoms with E-state index in [1.807, 2.05) is 0 Å². The first-order chi connectivity index (χ1) is 9.28. The first-order valence-electron chi connectivity index (χ1n) is 5.75. The molecule has 0 saturated heterocycles. The largest absolute Gasteiger partial charge is 0.497 e. The Morgan fingerprint density at radius 3 is 2.63 bits per heavy atom. The average molecular weight is 258 g/mol. The molecule has 0 aliphatic carbocycles. The molecule has 0 bridgehead atoms. The fourth-order valence-corrected chi connectivity index (χ4v) is 1.44. The summed E-state index contributed by atoms with van der Waals surface area (Å²) >= 11 is 0. The summed E-state index contributed by atoms with van der Waals surface area (Å²) in [5, 5.41) is 2.72. The van der Waals surface area contributed by atoms with Crippen LogP contribution in [-0.2, 0) is 4.79 Å². The van der Waals surface area contributed by atoms with E-state index in [1.54, 1.807) is 55.8 Å². The minimum Gasteiger partial charge on any atom is -0.497 e. The van der Waals surface area contributed by atoms with E-state index < -0.39 is 0 Å². The highest BCUT2D eigenvalue weighted by atomic mass is 16.5. The van der Waals surface area contributed by atoms with Gasteiger partial charge in [-0.05, 0) is 30.3 Å². The van der Waals surface area contributed by atoms with Crippen LogP contribution in [0.4, 0.5) is 5.69 Å². The Labute approximate surface area is 111 Å². The summed E-state index contributed by atoms with van der Waals surface area (Å²) in [5.41, 5.74) is 0.690. The quantitative estimate of drug-likeness (QED) is 0.892. The van der Waals surface area contributed by atoms with Gasteiger partial charge in [-0.25, -0.2) is 4.98 Å². The van der Waals surface area contributed by atoms with Gasteiger partial charge < -0.3 is 14.8 Å². The van der Waals surface area contributed by atoms with Gasteiger partial charge in [-0.3, -0.25) is 4.79 Å². The standard InChI is InChI=1S/C14H14N2O3/c1-18-12-7-5-11(6-8-12)16-13(17)10-19-14-4-2-3-9-15-14/h2-9H,10H2,1H3,(H,16,17). The number of nitrogens with one attached hydrogen (secondary N) is 1. The van der Waals surface area contributed by atoms with Crippen molar-refractivity contribution < 1.29 is 14.3 Å². The Balaban J connectivity index is 1.83. The molecule has 1 aromatic heterocycles. The lowest BCUT2D eigenvalue weighted by molar-refractivity contribution is -0.118. The van der Waals surface area contributed by atoms with Crippen LogP contribution in [-0.4, -0.2) is 24.6 Å². The van der Waals surface area contributed by atoms with Crippen molar-refractivity contribution in [1.82, 2.24) is 4.98 Å². The number of carbonyl (C=O) groups is 1. The summed E-state index contributed by atoms with van der Waals surface area (Å²) in [6.07, 6.45) is 1.61. The average Bonchev–Trinajstić information content (AvgIpc) is 2.47. The number of ether oxygens (including phenoxy) is 2. The minimum absolute atomic E-state index is 0.0803. The maximum absolute atomic E-state index is 11.6. The molecule has 1 N–H and O–H groups in total. The highest BCUT2D eigenvalue weighted by molar-refractivity contribution is 5.91. The lowest BCUT2D eigenvalue weighted by atomic mass is 10.3. The van der Waals surface area contributed by atoms with E-state index in [4.69, 9.17) is 9.47 Å². The highest BCUT2D eigenvalue weighted by Crippen LogP contribution is 2.14. The van der Waals surface area contributed by atoms with Crippen molar-refractivity contribution in [2.75, 3.05) is 19.0 Å². The van der Waals surface area contributed by atoms with Crippen LogP contribution in [0.5, 0.6) is 11.6 Å². The molecule has 0 aliphatic rings. The van der Waals surface area contributed by atoms with Gasteiger partial charge in [-0.1, -0.05) is 6.07 Å². The van der Waals surface area contributed by atoms with Crippen LogP contribution in [0.1, 0.15) is 0 Å². The molecule has 0 spiro atoms. The molecule has 0 aliphatic heterocycles. The maximum atomic E-state index is 11.6. The summed E-state index contributed by atoms with van der Waals surface area (Å²) in [5.74, 6) is 0.922. The number of hydrogen-bond donors (Lipinski definition) is 1. The molecule has 1 amide bonds. The summed E-state index contributed by atoms with van der Waals surface area (Å²) < 4.78 is 10.3. The van der Waals surface area contributed by atoms with Crippen molar-refractivity contribution in [1.29, 1.82) is 0 Å². The summed E-state index contributed by atoms with van der Waals surface area (Å²) in [6, 6.07) is 12.3. The van der Waals surface area contributed by atoms with Crippen LogP contribution < -0.4 is 14.8 Å². The summed E-state index contributed by atoms with van der Waals surface area (Å²) in [7, 11) is 1.59. The van der Waals surface area contributed by atoms with Crippen LogP contribution in [0, 0.1) is 0 Å². The van der Waals surface area contributed by atoms with Crippen molar-refractivity contribution in [3.63, 3.8) is 0 Å². The van der Waals surface area contributed by atoms with Gasteiger partial charge in [-0.15, -0.1) is 0 Å². The number of benzene rings is 1. The second-order valence-corrected chi connectivity index (χ2v) is 3.73. The number of aromatic nitrogens is 1. The van der Waals surface area contributed by atoms with Crippen molar-refractivity contribution in [2.24, 2.45) is 0 Å². The van der Waals surface area contributed by atoms with Gasteiger partial charge in [0.25, 0.3) is 5.91 Å². The first-order valence-corrected chi connectivity index (χ1v) is 5.75. The minimum atomic E-state index is -0.240. The molecule has 2 aromatic rings. The molecule has 0 fully saturated rings. The predicted octanol–water partition coefficient (Wildman–Crippen LogP) is 2.11. The van der Waals surface area contributed by atoms with Gasteiger partial charge in [0.15, 0.2) is 6.61 Å². The normalized spacial score (nSPS) is 9.74. The molecular weight excluding hydrogens is 244 g/mol. The van der Waals surface area contributed by atoms with Crippen molar-refractivity contribution in [3.05, 3.63) is 48.7 Å². The smallest absolute Gasteiger partial charge is 0.262 e. The zero-order valence-corrected chi connectivity index (χ0v) is 10.5. The Morgan fingerprint density at radius 1 is 1.21 bits per heavy atom. The molecule has 1 aromatic carbocycles. The third-order valence-electron chi connectivity index (χ3n) is 2.36. The second kappa shape index (κ2) is 6.39. The topological polar surface area (TPSA) is 60.5 Å². The van der Waals surface area contributed by atoms with Crippen LogP contribution in [0.15, 0.2) is 48.7 Å². The zero-order chi connectivity index (χ0) is 13.5. The number of rotatable bonds is 5. The molecule has 1 heterocycles. The summed E-state index contributed by atoms with van der Waals surface area (Å²) in [4.78, 5) is 15.6. The lowest BCUT2D eigenvalue weighted by Gasteiger charge is -2.07. The van der Waals surface area contributed by atoms with E-state index in [0.29, 0.717) is 11.6 Å². The van der Waals surface area contributed by atoms with Crippen LogP contribution >= 0.6 is 0 Å². The van der Waals surface area contributed by atoms with Gasteiger partial charge >= 0.3 is 0 Å². The number of hydrogen-bond acceptors (Lipinski definition) is 4. The Kier molecular flexibility index (Phi) is 4.34. The van der Waals surface area contributed by atoms with Crippen LogP contribution in [0.2, 0.25) is 0 Å². The SMILES string of the molecule is COc1ccc(NC(=O)COc2ccccn2)cc1. The van der Waals surface area contributed by atoms with Crippen LogP contribution in [0.25, 0.3) is 0 Å². The number of methoxy groups -OCH3 is 1. The Morgan fingerprint density at radius 2 is 2.00 bits per heavy atom. The number of nitrogens with zero attached hydrogens (tertiary/aromatic N) is 1. The molecule has 5 nitrogen and oxygen atoms in total. The molecule has 0 unspecified atom stereocenters. The number of carbonyl (C=O) groups excluding carboxylic acids is 1.